The Morgan fingerprint density at radius 3 is 2.22 bits per heavy atom. The Morgan fingerprint density at radius 1 is 1.26 bits per heavy atom. The van der Waals surface area contributed by atoms with E-state index in [0.29, 0.717) is 41.6 Å². The van der Waals surface area contributed by atoms with Gasteiger partial charge in [0, 0.05) is 38.8 Å². The van der Waals surface area contributed by atoms with Crippen molar-refractivity contribution in [3.05, 3.63) is 0 Å². The quantitative estimate of drug-likeness (QED) is 0.486. The number of hydrogen-bond donors (Lipinski definition) is 2. The molecule has 1 fully saturated rings. The molecule has 0 radical (unpaired) electrons. The number of sulfonamides is 1. The van der Waals surface area contributed by atoms with Crippen LogP contribution in [0.4, 0.5) is 13.2 Å². The standard InChI is InChI=1S/C16H32F3N5O2S/c1-12(2)10-14(23(4)5)11-21-15(20-3)22-13-6-8-24(9-7-13)27(25,26)16(17,18)19/h12-14H,6-11H2,1-5H3,(H2,20,21,22). The number of guanidine groups is 1. The van der Waals surface area contributed by atoms with Crippen molar-refractivity contribution >= 4 is 16.0 Å². The van der Waals surface area contributed by atoms with Gasteiger partial charge in [-0.1, -0.05) is 13.8 Å². The number of nitrogens with zero attached hydrogens (tertiary/aromatic N) is 3. The third-order valence-electron chi connectivity index (χ3n) is 4.63. The summed E-state index contributed by atoms with van der Waals surface area (Å²) in [6.07, 6.45) is 1.60. The van der Waals surface area contributed by atoms with Gasteiger partial charge in [-0.3, -0.25) is 4.99 Å². The zero-order valence-corrected chi connectivity index (χ0v) is 17.5. The van der Waals surface area contributed by atoms with Crippen LogP contribution in [0.1, 0.15) is 33.1 Å². The molecule has 0 aromatic rings. The second kappa shape index (κ2) is 9.92. The minimum Gasteiger partial charge on any atom is -0.355 e. The highest BCUT2D eigenvalue weighted by molar-refractivity contribution is 7.90. The van der Waals surface area contributed by atoms with Crippen LogP contribution in [0.5, 0.6) is 0 Å². The Balaban J connectivity index is 2.54. The van der Waals surface area contributed by atoms with Crippen molar-refractivity contribution in [2.75, 3.05) is 40.8 Å². The van der Waals surface area contributed by atoms with Gasteiger partial charge in [0.05, 0.1) is 0 Å². The Labute approximate surface area is 160 Å². The first-order valence-corrected chi connectivity index (χ1v) is 10.5. The Morgan fingerprint density at radius 2 is 1.81 bits per heavy atom. The first-order valence-electron chi connectivity index (χ1n) is 9.08. The summed E-state index contributed by atoms with van der Waals surface area (Å²) >= 11 is 0. The largest absolute Gasteiger partial charge is 0.511 e. The van der Waals surface area contributed by atoms with Gasteiger partial charge in [-0.15, -0.1) is 0 Å². The van der Waals surface area contributed by atoms with Crippen LogP contribution in [0.25, 0.3) is 0 Å². The van der Waals surface area contributed by atoms with Gasteiger partial charge in [0.1, 0.15) is 0 Å². The molecule has 0 aliphatic carbocycles. The number of hydrogen-bond acceptors (Lipinski definition) is 4. The van der Waals surface area contributed by atoms with Gasteiger partial charge in [0.15, 0.2) is 5.96 Å². The SMILES string of the molecule is CN=C(NCC(CC(C)C)N(C)C)NC1CCN(S(=O)(=O)C(F)(F)F)CC1. The molecule has 160 valence electrons. The highest BCUT2D eigenvalue weighted by Crippen LogP contribution is 2.28. The van der Waals surface area contributed by atoms with Crippen LogP contribution in [0.15, 0.2) is 4.99 Å². The molecule has 0 bridgehead atoms. The molecular formula is C16H32F3N5O2S. The molecule has 0 amide bonds. The zero-order valence-electron chi connectivity index (χ0n) is 16.7. The molecule has 1 saturated heterocycles. The number of nitrogens with one attached hydrogen (secondary N) is 2. The predicted octanol–water partition coefficient (Wildman–Crippen LogP) is 1.44. The third kappa shape index (κ3) is 7.11. The molecule has 1 aliphatic heterocycles. The van der Waals surface area contributed by atoms with Gasteiger partial charge < -0.3 is 15.5 Å². The zero-order chi connectivity index (χ0) is 20.8. The van der Waals surface area contributed by atoms with Crippen molar-refractivity contribution in [3.63, 3.8) is 0 Å². The molecular weight excluding hydrogens is 383 g/mol. The molecule has 0 aromatic heterocycles. The van der Waals surface area contributed by atoms with E-state index in [4.69, 9.17) is 0 Å². The van der Waals surface area contributed by atoms with Gasteiger partial charge in [-0.25, -0.2) is 8.42 Å². The van der Waals surface area contributed by atoms with E-state index in [1.54, 1.807) is 7.05 Å². The molecule has 27 heavy (non-hydrogen) atoms. The van der Waals surface area contributed by atoms with Crippen LogP contribution >= 0.6 is 0 Å². The summed E-state index contributed by atoms with van der Waals surface area (Å²) in [7, 11) is 0.417. The van der Waals surface area contributed by atoms with Crippen LogP contribution in [0, 0.1) is 5.92 Å². The van der Waals surface area contributed by atoms with Gasteiger partial charge in [0.2, 0.25) is 0 Å². The molecule has 1 rings (SSSR count). The lowest BCUT2D eigenvalue weighted by molar-refractivity contribution is -0.0494. The topological polar surface area (TPSA) is 77.0 Å². The van der Waals surface area contributed by atoms with E-state index in [-0.39, 0.29) is 19.1 Å². The number of alkyl halides is 3. The van der Waals surface area contributed by atoms with Crippen molar-refractivity contribution in [2.24, 2.45) is 10.9 Å². The number of aliphatic imine (C=N–C) groups is 1. The van der Waals surface area contributed by atoms with Crippen LogP contribution in [0.2, 0.25) is 0 Å². The fourth-order valence-corrected chi connectivity index (χ4v) is 3.99. The number of rotatable bonds is 7. The fraction of sp³-hybridized carbons (Fsp3) is 0.938. The average molecular weight is 416 g/mol. The minimum absolute atomic E-state index is 0.126. The lowest BCUT2D eigenvalue weighted by atomic mass is 10.0. The molecule has 7 nitrogen and oxygen atoms in total. The van der Waals surface area contributed by atoms with Crippen molar-refractivity contribution in [1.29, 1.82) is 0 Å². The van der Waals surface area contributed by atoms with Crippen LogP contribution in [-0.4, -0.2) is 82.0 Å². The number of likely N-dealkylation sites (N-methyl/N-ethyl adjacent to an activating group) is 1. The van der Waals surface area contributed by atoms with E-state index in [1.807, 2.05) is 14.1 Å². The van der Waals surface area contributed by atoms with Crippen molar-refractivity contribution < 1.29 is 21.6 Å². The van der Waals surface area contributed by atoms with Gasteiger partial charge >= 0.3 is 15.5 Å². The van der Waals surface area contributed by atoms with Gasteiger partial charge in [-0.05, 0) is 39.3 Å². The van der Waals surface area contributed by atoms with Gasteiger partial charge in [0.25, 0.3) is 0 Å². The molecule has 1 heterocycles. The van der Waals surface area contributed by atoms with Crippen LogP contribution in [-0.2, 0) is 10.0 Å². The van der Waals surface area contributed by atoms with E-state index < -0.39 is 15.5 Å². The predicted molar refractivity (Wildman–Crippen MR) is 101 cm³/mol. The van der Waals surface area contributed by atoms with Crippen molar-refractivity contribution in [1.82, 2.24) is 19.8 Å². The summed E-state index contributed by atoms with van der Waals surface area (Å²) < 4.78 is 61.3. The van der Waals surface area contributed by atoms with Crippen molar-refractivity contribution in [2.45, 2.75) is 50.7 Å². The van der Waals surface area contributed by atoms with Gasteiger partial charge in [-0.2, -0.15) is 17.5 Å². The molecule has 11 heteroatoms. The molecule has 2 N–H and O–H groups in total. The monoisotopic (exact) mass is 415 g/mol. The summed E-state index contributed by atoms with van der Waals surface area (Å²) in [6, 6.07) is 0.195. The second-order valence-electron chi connectivity index (χ2n) is 7.47. The smallest absolute Gasteiger partial charge is 0.355 e. The summed E-state index contributed by atoms with van der Waals surface area (Å²) in [6.45, 7) is 4.68. The molecule has 0 spiro atoms. The van der Waals surface area contributed by atoms with E-state index >= 15 is 0 Å². The van der Waals surface area contributed by atoms with Crippen LogP contribution < -0.4 is 10.6 Å². The summed E-state index contributed by atoms with van der Waals surface area (Å²) in [4.78, 5) is 6.30. The fourth-order valence-electron chi connectivity index (χ4n) is 3.01. The lowest BCUT2D eigenvalue weighted by Gasteiger charge is -2.33. The maximum Gasteiger partial charge on any atom is 0.511 e. The van der Waals surface area contributed by atoms with E-state index in [1.165, 1.54) is 0 Å². The summed E-state index contributed by atoms with van der Waals surface area (Å²) in [5.74, 6) is 1.12. The summed E-state index contributed by atoms with van der Waals surface area (Å²) in [5, 5.41) is 6.44. The number of halogens is 3. The molecule has 1 aliphatic rings. The maximum atomic E-state index is 12.6. The van der Waals surface area contributed by atoms with E-state index in [2.05, 4.69) is 34.4 Å². The normalized spacial score (nSPS) is 19.6. The Bertz CT molecular complexity index is 585. The first-order chi connectivity index (χ1) is 12.4. The maximum absolute atomic E-state index is 12.6. The minimum atomic E-state index is -5.25. The average Bonchev–Trinajstić information content (AvgIpc) is 2.56. The Kier molecular flexibility index (Phi) is 8.81. The highest BCUT2D eigenvalue weighted by atomic mass is 32.2. The lowest BCUT2D eigenvalue weighted by Crippen LogP contribution is -2.53. The molecule has 1 unspecified atom stereocenters. The molecule has 1 atom stereocenters. The van der Waals surface area contributed by atoms with E-state index in [9.17, 15) is 21.6 Å². The highest BCUT2D eigenvalue weighted by Gasteiger charge is 2.50. The first kappa shape index (κ1) is 24.0. The molecule has 0 saturated carbocycles. The second-order valence-corrected chi connectivity index (χ2v) is 9.40. The van der Waals surface area contributed by atoms with Crippen molar-refractivity contribution in [3.8, 4) is 0 Å². The summed E-state index contributed by atoms with van der Waals surface area (Å²) in [5.41, 5.74) is -5.25. The van der Waals surface area contributed by atoms with E-state index in [0.717, 1.165) is 6.42 Å². The van der Waals surface area contributed by atoms with Crippen LogP contribution in [0.3, 0.4) is 0 Å². The Hall–Kier alpha value is -1.07. The molecule has 0 aromatic carbocycles. The number of piperidine rings is 1. The third-order valence-corrected chi connectivity index (χ3v) is 6.26.